The molecule has 0 aliphatic carbocycles. The molecule has 0 aromatic carbocycles. The summed E-state index contributed by atoms with van der Waals surface area (Å²) in [5, 5.41) is 3.57. The zero-order valence-electron chi connectivity index (χ0n) is 7.34. The fraction of sp³-hybridized carbons (Fsp3) is 1.00. The van der Waals surface area contributed by atoms with Gasteiger partial charge in [0.05, 0.1) is 0 Å². The van der Waals surface area contributed by atoms with Gasteiger partial charge in [0.1, 0.15) is 0 Å². The first kappa shape index (κ1) is 7.56. The van der Waals surface area contributed by atoms with E-state index < -0.39 is 0 Å². The van der Waals surface area contributed by atoms with E-state index in [1.807, 2.05) is 0 Å². The van der Waals surface area contributed by atoms with Crippen molar-refractivity contribution in [2.24, 2.45) is 5.92 Å². The van der Waals surface area contributed by atoms with Crippen LogP contribution in [0, 0.1) is 5.92 Å². The normalized spacial score (nSPS) is 42.8. The second kappa shape index (κ2) is 3.11. The maximum atomic E-state index is 3.57. The van der Waals surface area contributed by atoms with Crippen molar-refractivity contribution < 1.29 is 0 Å². The molecule has 2 nitrogen and oxygen atoms in total. The van der Waals surface area contributed by atoms with Crippen molar-refractivity contribution in [1.29, 1.82) is 0 Å². The molecule has 2 heterocycles. The summed E-state index contributed by atoms with van der Waals surface area (Å²) < 4.78 is 0. The van der Waals surface area contributed by atoms with Gasteiger partial charge < -0.3 is 10.2 Å². The minimum atomic E-state index is 0.808. The molecule has 3 atom stereocenters. The summed E-state index contributed by atoms with van der Waals surface area (Å²) in [6.07, 6.45) is 2.88. The van der Waals surface area contributed by atoms with Crippen molar-refractivity contribution in [3.63, 3.8) is 0 Å². The highest BCUT2D eigenvalue weighted by Crippen LogP contribution is 2.26. The molecule has 0 radical (unpaired) electrons. The van der Waals surface area contributed by atoms with E-state index in [1.165, 1.54) is 32.5 Å². The van der Waals surface area contributed by atoms with Crippen LogP contribution in [-0.2, 0) is 0 Å². The first-order valence-electron chi connectivity index (χ1n) is 4.86. The van der Waals surface area contributed by atoms with Gasteiger partial charge in [0, 0.05) is 19.1 Å². The molecule has 1 N–H and O–H groups in total. The maximum absolute atomic E-state index is 3.57. The van der Waals surface area contributed by atoms with Gasteiger partial charge in [-0.1, -0.05) is 6.92 Å². The molecular weight excluding hydrogens is 136 g/mol. The van der Waals surface area contributed by atoms with Gasteiger partial charge in [0.25, 0.3) is 0 Å². The Balaban J connectivity index is 1.92. The molecule has 64 valence electrons. The molecule has 0 aromatic heterocycles. The number of fused-ring (bicyclic) bond motifs is 2. The predicted molar refractivity (Wildman–Crippen MR) is 46.6 cm³/mol. The number of likely N-dealkylation sites (N-methyl/N-ethyl adjacent to an activating group) is 1. The van der Waals surface area contributed by atoms with Crippen molar-refractivity contribution in [1.82, 2.24) is 10.2 Å². The summed E-state index contributed by atoms with van der Waals surface area (Å²) in [6.45, 7) is 7.35. The Morgan fingerprint density at radius 2 is 2.36 bits per heavy atom. The average Bonchev–Trinajstić information content (AvgIpc) is 2.29. The van der Waals surface area contributed by atoms with Gasteiger partial charge in [0.15, 0.2) is 0 Å². The summed E-state index contributed by atoms with van der Waals surface area (Å²) in [5.74, 6) is 0.962. The fourth-order valence-corrected chi connectivity index (χ4v) is 2.51. The zero-order valence-corrected chi connectivity index (χ0v) is 7.34. The van der Waals surface area contributed by atoms with E-state index in [-0.39, 0.29) is 0 Å². The molecule has 0 saturated carbocycles. The van der Waals surface area contributed by atoms with E-state index in [2.05, 4.69) is 17.1 Å². The first-order valence-corrected chi connectivity index (χ1v) is 4.86. The summed E-state index contributed by atoms with van der Waals surface area (Å²) in [6, 6.07) is 0.808. The summed E-state index contributed by atoms with van der Waals surface area (Å²) in [5.41, 5.74) is 0. The van der Waals surface area contributed by atoms with Gasteiger partial charge in [0.2, 0.25) is 0 Å². The Morgan fingerprint density at radius 3 is 3.09 bits per heavy atom. The van der Waals surface area contributed by atoms with Crippen LogP contribution >= 0.6 is 0 Å². The SMILES string of the molecule is CCN[C@@H]1CN2CCC[C@H]1C2. The summed E-state index contributed by atoms with van der Waals surface area (Å²) in [7, 11) is 0. The summed E-state index contributed by atoms with van der Waals surface area (Å²) >= 11 is 0. The molecule has 2 aliphatic heterocycles. The number of rotatable bonds is 2. The highest BCUT2D eigenvalue weighted by molar-refractivity contribution is 4.91. The molecule has 0 aromatic rings. The van der Waals surface area contributed by atoms with Crippen molar-refractivity contribution in [3.05, 3.63) is 0 Å². The van der Waals surface area contributed by atoms with Crippen LogP contribution in [0.3, 0.4) is 0 Å². The molecule has 0 spiro atoms. The lowest BCUT2D eigenvalue weighted by molar-refractivity contribution is 0.269. The average molecular weight is 154 g/mol. The Morgan fingerprint density at radius 1 is 1.45 bits per heavy atom. The second-order valence-electron chi connectivity index (χ2n) is 3.83. The van der Waals surface area contributed by atoms with E-state index in [4.69, 9.17) is 0 Å². The number of hydrogen-bond donors (Lipinski definition) is 1. The van der Waals surface area contributed by atoms with Crippen LogP contribution in [-0.4, -0.2) is 37.1 Å². The molecule has 2 saturated heterocycles. The molecule has 2 bridgehead atoms. The molecule has 2 heteroatoms. The third-order valence-corrected chi connectivity index (χ3v) is 3.03. The number of nitrogens with one attached hydrogen (secondary N) is 1. The van der Waals surface area contributed by atoms with E-state index in [9.17, 15) is 0 Å². The smallest absolute Gasteiger partial charge is 0.0235 e. The molecule has 2 fully saturated rings. The van der Waals surface area contributed by atoms with Gasteiger partial charge in [-0.15, -0.1) is 0 Å². The van der Waals surface area contributed by atoms with Crippen molar-refractivity contribution in [3.8, 4) is 0 Å². The Hall–Kier alpha value is -0.0800. The van der Waals surface area contributed by atoms with Crippen LogP contribution in [0.5, 0.6) is 0 Å². The molecule has 2 rings (SSSR count). The maximum Gasteiger partial charge on any atom is 0.0235 e. The third kappa shape index (κ3) is 1.42. The van der Waals surface area contributed by atoms with E-state index in [0.29, 0.717) is 0 Å². The van der Waals surface area contributed by atoms with Crippen molar-refractivity contribution >= 4 is 0 Å². The number of nitrogens with zero attached hydrogens (tertiary/aromatic N) is 1. The molecule has 11 heavy (non-hydrogen) atoms. The minimum Gasteiger partial charge on any atom is -0.313 e. The van der Waals surface area contributed by atoms with Gasteiger partial charge >= 0.3 is 0 Å². The monoisotopic (exact) mass is 154 g/mol. The topological polar surface area (TPSA) is 15.3 Å². The van der Waals surface area contributed by atoms with Crippen LogP contribution in [0.1, 0.15) is 19.8 Å². The third-order valence-electron chi connectivity index (χ3n) is 3.03. The lowest BCUT2D eigenvalue weighted by Crippen LogP contribution is -2.35. The van der Waals surface area contributed by atoms with Gasteiger partial charge in [-0.3, -0.25) is 0 Å². The highest BCUT2D eigenvalue weighted by atomic mass is 15.2. The van der Waals surface area contributed by atoms with Gasteiger partial charge in [-0.05, 0) is 31.8 Å². The number of piperidine rings is 1. The standard InChI is InChI=1S/C9H18N2/c1-2-10-9-7-11-5-3-4-8(9)6-11/h8-10H,2-7H2,1H3/t8-,9+/m0/s1. The van der Waals surface area contributed by atoms with Crippen molar-refractivity contribution in [2.75, 3.05) is 26.2 Å². The molecular formula is C9H18N2. The van der Waals surface area contributed by atoms with Crippen LogP contribution in [0.2, 0.25) is 0 Å². The van der Waals surface area contributed by atoms with Crippen LogP contribution in [0.15, 0.2) is 0 Å². The first-order chi connectivity index (χ1) is 5.40. The highest BCUT2D eigenvalue weighted by Gasteiger charge is 2.34. The Kier molecular flexibility index (Phi) is 2.14. The lowest BCUT2D eigenvalue weighted by Gasteiger charge is -2.21. The molecule has 2 aliphatic rings. The summed E-state index contributed by atoms with van der Waals surface area (Å²) in [4.78, 5) is 2.60. The van der Waals surface area contributed by atoms with Gasteiger partial charge in [-0.2, -0.15) is 0 Å². The van der Waals surface area contributed by atoms with Crippen LogP contribution in [0.4, 0.5) is 0 Å². The van der Waals surface area contributed by atoms with Gasteiger partial charge in [-0.25, -0.2) is 0 Å². The lowest BCUT2D eigenvalue weighted by atomic mass is 9.97. The second-order valence-corrected chi connectivity index (χ2v) is 3.83. The number of hydrogen-bond acceptors (Lipinski definition) is 2. The zero-order chi connectivity index (χ0) is 7.68. The Labute approximate surface area is 69.0 Å². The van der Waals surface area contributed by atoms with Crippen LogP contribution < -0.4 is 5.32 Å². The molecule has 0 amide bonds. The van der Waals surface area contributed by atoms with E-state index in [0.717, 1.165) is 18.5 Å². The largest absolute Gasteiger partial charge is 0.313 e. The molecule has 1 unspecified atom stereocenters. The van der Waals surface area contributed by atoms with E-state index >= 15 is 0 Å². The fourth-order valence-electron chi connectivity index (χ4n) is 2.51. The van der Waals surface area contributed by atoms with E-state index in [1.54, 1.807) is 0 Å². The minimum absolute atomic E-state index is 0.808. The Bertz CT molecular complexity index is 136. The van der Waals surface area contributed by atoms with Crippen molar-refractivity contribution in [2.45, 2.75) is 25.8 Å². The van der Waals surface area contributed by atoms with Crippen LogP contribution in [0.25, 0.3) is 0 Å². The quantitative estimate of drug-likeness (QED) is 0.629. The predicted octanol–water partition coefficient (Wildman–Crippen LogP) is 0.690.